The molecule has 0 spiro atoms. The predicted octanol–water partition coefficient (Wildman–Crippen LogP) is 0.725. The first-order valence-corrected chi connectivity index (χ1v) is 5.04. The summed E-state index contributed by atoms with van der Waals surface area (Å²) in [5.74, 6) is 0.703. The van der Waals surface area contributed by atoms with Crippen LogP contribution in [0.15, 0.2) is 29.2 Å². The average molecular weight is 205 g/mol. The van der Waals surface area contributed by atoms with E-state index in [9.17, 15) is 0 Å². The quantitative estimate of drug-likeness (QED) is 0.686. The second kappa shape index (κ2) is 2.79. The van der Waals surface area contributed by atoms with Crippen LogP contribution in [0.5, 0.6) is 0 Å². The molecule has 1 aliphatic heterocycles. The van der Waals surface area contributed by atoms with Crippen LogP contribution < -0.4 is 5.73 Å². The fourth-order valence-corrected chi connectivity index (χ4v) is 2.42. The van der Waals surface area contributed by atoms with Gasteiger partial charge in [-0.2, -0.15) is 4.68 Å². The second-order valence-electron chi connectivity index (χ2n) is 2.96. The number of rotatable bonds is 0. The van der Waals surface area contributed by atoms with Gasteiger partial charge in [-0.3, -0.25) is 0 Å². The Balaban J connectivity index is 2.29. The molecule has 0 fully saturated rings. The number of aromatic nitrogens is 4. The predicted molar refractivity (Wildman–Crippen MR) is 51.9 cm³/mol. The minimum Gasteiger partial charge on any atom is -0.313 e. The number of fused-ring (bicyclic) bond motifs is 3. The maximum atomic E-state index is 5.91. The lowest BCUT2D eigenvalue weighted by atomic mass is 10.3. The van der Waals surface area contributed by atoms with Gasteiger partial charge in [0.05, 0.1) is 5.69 Å². The summed E-state index contributed by atoms with van der Waals surface area (Å²) >= 11 is 1.57. The van der Waals surface area contributed by atoms with Crippen LogP contribution in [-0.2, 0) is 0 Å². The summed E-state index contributed by atoms with van der Waals surface area (Å²) in [5.41, 5.74) is 6.90. The number of nitrogens with two attached hydrogens (primary N) is 1. The van der Waals surface area contributed by atoms with Gasteiger partial charge in [0.2, 0.25) is 0 Å². The first-order valence-electron chi connectivity index (χ1n) is 4.16. The summed E-state index contributed by atoms with van der Waals surface area (Å²) in [6, 6.07) is 7.94. The van der Waals surface area contributed by atoms with Gasteiger partial charge in [0.1, 0.15) is 5.37 Å². The van der Waals surface area contributed by atoms with Gasteiger partial charge < -0.3 is 5.73 Å². The highest BCUT2D eigenvalue weighted by Crippen LogP contribution is 2.38. The molecule has 2 N–H and O–H groups in total. The van der Waals surface area contributed by atoms with E-state index in [2.05, 4.69) is 15.5 Å². The zero-order valence-electron chi connectivity index (χ0n) is 7.16. The van der Waals surface area contributed by atoms with Crippen molar-refractivity contribution in [1.29, 1.82) is 0 Å². The normalized spacial score (nSPS) is 18.8. The molecule has 5 nitrogen and oxygen atoms in total. The maximum Gasteiger partial charge on any atom is 0.183 e. The van der Waals surface area contributed by atoms with Crippen molar-refractivity contribution in [3.63, 3.8) is 0 Å². The number of para-hydroxylation sites is 1. The topological polar surface area (TPSA) is 69.6 Å². The Morgan fingerprint density at radius 3 is 3.14 bits per heavy atom. The minimum atomic E-state index is -0.181. The first-order chi connectivity index (χ1) is 6.86. The van der Waals surface area contributed by atoms with E-state index in [0.717, 1.165) is 10.6 Å². The zero-order chi connectivity index (χ0) is 9.54. The first kappa shape index (κ1) is 7.95. The summed E-state index contributed by atoms with van der Waals surface area (Å²) in [7, 11) is 0. The molecule has 6 heteroatoms. The third-order valence-electron chi connectivity index (χ3n) is 2.10. The Morgan fingerprint density at radius 2 is 2.21 bits per heavy atom. The molecular weight excluding hydrogens is 198 g/mol. The number of hydrogen-bond acceptors (Lipinski definition) is 5. The van der Waals surface area contributed by atoms with Crippen LogP contribution in [0.2, 0.25) is 0 Å². The van der Waals surface area contributed by atoms with Crippen molar-refractivity contribution in [3.05, 3.63) is 30.1 Å². The van der Waals surface area contributed by atoms with Crippen LogP contribution in [0.4, 0.5) is 0 Å². The largest absolute Gasteiger partial charge is 0.313 e. The average Bonchev–Trinajstić information content (AvgIpc) is 2.67. The van der Waals surface area contributed by atoms with Gasteiger partial charge in [0.25, 0.3) is 0 Å². The Bertz CT molecular complexity index is 480. The molecular formula is C8H7N5S. The van der Waals surface area contributed by atoms with E-state index >= 15 is 0 Å². The molecule has 0 bridgehead atoms. The zero-order valence-corrected chi connectivity index (χ0v) is 7.98. The minimum absolute atomic E-state index is 0.181. The standard InChI is InChI=1S/C8H7N5S/c9-7-8-10-11-12-13(8)5-3-1-2-4-6(5)14-7/h1-4,7H,9H2. The van der Waals surface area contributed by atoms with Gasteiger partial charge in [0.15, 0.2) is 5.82 Å². The molecule has 1 unspecified atom stereocenters. The molecule has 1 aromatic carbocycles. The third kappa shape index (κ3) is 0.978. The molecule has 14 heavy (non-hydrogen) atoms. The lowest BCUT2D eigenvalue weighted by Crippen LogP contribution is -2.18. The Labute approximate surface area is 84.3 Å². The van der Waals surface area contributed by atoms with Crippen molar-refractivity contribution in [1.82, 2.24) is 20.2 Å². The van der Waals surface area contributed by atoms with E-state index in [1.807, 2.05) is 24.3 Å². The molecule has 0 saturated carbocycles. The van der Waals surface area contributed by atoms with Crippen LogP contribution >= 0.6 is 11.8 Å². The molecule has 3 rings (SSSR count). The molecule has 1 atom stereocenters. The van der Waals surface area contributed by atoms with Gasteiger partial charge in [-0.15, -0.1) is 5.10 Å². The van der Waals surface area contributed by atoms with E-state index in [0.29, 0.717) is 5.82 Å². The highest BCUT2D eigenvalue weighted by molar-refractivity contribution is 7.99. The van der Waals surface area contributed by atoms with Gasteiger partial charge in [-0.1, -0.05) is 23.9 Å². The van der Waals surface area contributed by atoms with Gasteiger partial charge in [0, 0.05) is 4.90 Å². The van der Waals surface area contributed by atoms with Crippen LogP contribution in [0.1, 0.15) is 11.2 Å². The molecule has 0 amide bonds. The summed E-state index contributed by atoms with van der Waals surface area (Å²) in [5, 5.41) is 11.2. The van der Waals surface area contributed by atoms with E-state index in [1.54, 1.807) is 16.4 Å². The number of nitrogens with zero attached hydrogens (tertiary/aromatic N) is 4. The van der Waals surface area contributed by atoms with E-state index in [-0.39, 0.29) is 5.37 Å². The number of hydrogen-bond donors (Lipinski definition) is 1. The highest BCUT2D eigenvalue weighted by Gasteiger charge is 2.24. The molecule has 0 aliphatic carbocycles. The molecule has 1 aliphatic rings. The van der Waals surface area contributed by atoms with Crippen LogP contribution in [0.25, 0.3) is 5.69 Å². The molecule has 2 heterocycles. The lowest BCUT2D eigenvalue weighted by Gasteiger charge is -2.19. The van der Waals surface area contributed by atoms with Gasteiger partial charge in [-0.05, 0) is 22.6 Å². The third-order valence-corrected chi connectivity index (χ3v) is 3.16. The fourth-order valence-electron chi connectivity index (χ4n) is 1.46. The Morgan fingerprint density at radius 1 is 1.36 bits per heavy atom. The van der Waals surface area contributed by atoms with Crippen molar-refractivity contribution in [3.8, 4) is 5.69 Å². The Hall–Kier alpha value is -1.40. The molecule has 2 aromatic rings. The lowest BCUT2D eigenvalue weighted by molar-refractivity contribution is 0.734. The van der Waals surface area contributed by atoms with Crippen molar-refractivity contribution < 1.29 is 0 Å². The molecule has 0 saturated heterocycles. The molecule has 1 aromatic heterocycles. The van der Waals surface area contributed by atoms with Crippen LogP contribution in [0.3, 0.4) is 0 Å². The van der Waals surface area contributed by atoms with E-state index in [4.69, 9.17) is 5.73 Å². The van der Waals surface area contributed by atoms with Crippen molar-refractivity contribution in [2.75, 3.05) is 0 Å². The van der Waals surface area contributed by atoms with Crippen molar-refractivity contribution in [2.24, 2.45) is 5.73 Å². The number of tetrazole rings is 1. The number of thioether (sulfide) groups is 1. The van der Waals surface area contributed by atoms with Gasteiger partial charge >= 0.3 is 0 Å². The van der Waals surface area contributed by atoms with E-state index < -0.39 is 0 Å². The van der Waals surface area contributed by atoms with Crippen LogP contribution in [-0.4, -0.2) is 20.2 Å². The second-order valence-corrected chi connectivity index (χ2v) is 4.14. The monoisotopic (exact) mass is 205 g/mol. The van der Waals surface area contributed by atoms with Gasteiger partial charge in [-0.25, -0.2) is 0 Å². The van der Waals surface area contributed by atoms with Crippen molar-refractivity contribution in [2.45, 2.75) is 10.3 Å². The van der Waals surface area contributed by atoms with Crippen molar-refractivity contribution >= 4 is 11.8 Å². The fraction of sp³-hybridized carbons (Fsp3) is 0.125. The summed E-state index contributed by atoms with van der Waals surface area (Å²) in [4.78, 5) is 1.11. The van der Waals surface area contributed by atoms with E-state index in [1.165, 1.54) is 0 Å². The highest BCUT2D eigenvalue weighted by atomic mass is 32.2. The summed E-state index contributed by atoms with van der Waals surface area (Å²) in [6.07, 6.45) is 0. The summed E-state index contributed by atoms with van der Waals surface area (Å²) < 4.78 is 1.69. The maximum absolute atomic E-state index is 5.91. The molecule has 70 valence electrons. The summed E-state index contributed by atoms with van der Waals surface area (Å²) in [6.45, 7) is 0. The SMILES string of the molecule is NC1Sc2ccccc2-n2nnnc21. The molecule has 0 radical (unpaired) electrons. The van der Waals surface area contributed by atoms with Crippen LogP contribution in [0, 0.1) is 0 Å². The smallest absolute Gasteiger partial charge is 0.183 e. The Kier molecular flexibility index (Phi) is 1.59. The number of benzene rings is 1.